The number of aryl methyl sites for hydroxylation is 1. The number of aliphatic hydroxyl groups is 1. The summed E-state index contributed by atoms with van der Waals surface area (Å²) in [5, 5.41) is 8.86. The van der Waals surface area contributed by atoms with Crippen LogP contribution in [0.3, 0.4) is 0 Å². The number of rotatable bonds is 3. The summed E-state index contributed by atoms with van der Waals surface area (Å²) in [5.41, 5.74) is 2.23. The lowest BCUT2D eigenvalue weighted by Gasteiger charge is -2.01. The van der Waals surface area contributed by atoms with Crippen LogP contribution in [0.25, 0.3) is 0 Å². The van der Waals surface area contributed by atoms with Gasteiger partial charge in [0.2, 0.25) is 0 Å². The topological polar surface area (TPSA) is 48.9 Å². The Bertz CT molecular complexity index is 253. The molecule has 0 saturated carbocycles. The van der Waals surface area contributed by atoms with Crippen molar-refractivity contribution in [3.8, 4) is 0 Å². The third-order valence-electron chi connectivity index (χ3n) is 1.91. The molecule has 3 heteroatoms. The molecule has 0 unspecified atom stereocenters. The molecule has 1 rings (SSSR count). The van der Waals surface area contributed by atoms with Crippen LogP contribution in [-0.2, 0) is 13.0 Å². The van der Waals surface area contributed by atoms with E-state index < -0.39 is 0 Å². The van der Waals surface area contributed by atoms with E-state index in [4.69, 9.17) is 5.11 Å². The van der Waals surface area contributed by atoms with Crippen molar-refractivity contribution in [1.29, 1.82) is 0 Å². The number of imidazole rings is 1. The fraction of sp³-hybridized carbons (Fsp3) is 0.667. The van der Waals surface area contributed by atoms with Crippen LogP contribution < -0.4 is 0 Å². The smallest absolute Gasteiger partial charge is 0.132 e. The average Bonchev–Trinajstić information content (AvgIpc) is 2.47. The monoisotopic (exact) mass is 168 g/mol. The molecular weight excluding hydrogens is 152 g/mol. The molecule has 0 radical (unpaired) electrons. The fourth-order valence-electron chi connectivity index (χ4n) is 1.30. The van der Waals surface area contributed by atoms with E-state index in [9.17, 15) is 0 Å². The summed E-state index contributed by atoms with van der Waals surface area (Å²) in [5.74, 6) is 1.10. The first kappa shape index (κ1) is 9.26. The molecule has 1 aromatic rings. The van der Waals surface area contributed by atoms with Crippen molar-refractivity contribution in [2.75, 3.05) is 0 Å². The summed E-state index contributed by atoms with van der Waals surface area (Å²) >= 11 is 0. The predicted octanol–water partition coefficient (Wildman–Crippen LogP) is 1.59. The molecule has 3 nitrogen and oxygen atoms in total. The first-order chi connectivity index (χ1) is 5.69. The van der Waals surface area contributed by atoms with Crippen LogP contribution in [0.5, 0.6) is 0 Å². The van der Waals surface area contributed by atoms with Gasteiger partial charge in [0.05, 0.1) is 5.69 Å². The molecule has 0 aliphatic rings. The SMILES string of the molecule is CCc1[nH]c(CO)nc1C(C)C. The van der Waals surface area contributed by atoms with Crippen molar-refractivity contribution in [2.45, 2.75) is 39.7 Å². The molecule has 2 N–H and O–H groups in total. The van der Waals surface area contributed by atoms with Crippen LogP contribution in [0.1, 0.15) is 43.9 Å². The zero-order valence-corrected chi connectivity index (χ0v) is 7.89. The Labute approximate surface area is 72.8 Å². The summed E-state index contributed by atoms with van der Waals surface area (Å²) in [7, 11) is 0. The highest BCUT2D eigenvalue weighted by molar-refractivity contribution is 5.17. The molecular formula is C9H16N2O. The number of hydrogen-bond acceptors (Lipinski definition) is 2. The van der Waals surface area contributed by atoms with E-state index in [-0.39, 0.29) is 6.61 Å². The Morgan fingerprint density at radius 1 is 1.50 bits per heavy atom. The number of nitrogens with zero attached hydrogens (tertiary/aromatic N) is 1. The van der Waals surface area contributed by atoms with Gasteiger partial charge in [0, 0.05) is 5.69 Å². The zero-order chi connectivity index (χ0) is 9.14. The largest absolute Gasteiger partial charge is 0.388 e. The van der Waals surface area contributed by atoms with Crippen molar-refractivity contribution in [2.24, 2.45) is 0 Å². The molecule has 0 atom stereocenters. The average molecular weight is 168 g/mol. The summed E-state index contributed by atoms with van der Waals surface area (Å²) in [6.45, 7) is 6.30. The van der Waals surface area contributed by atoms with E-state index >= 15 is 0 Å². The van der Waals surface area contributed by atoms with Crippen molar-refractivity contribution in [3.05, 3.63) is 17.2 Å². The van der Waals surface area contributed by atoms with Gasteiger partial charge in [0.1, 0.15) is 12.4 Å². The van der Waals surface area contributed by atoms with Crippen LogP contribution in [-0.4, -0.2) is 15.1 Å². The third kappa shape index (κ3) is 1.67. The predicted molar refractivity (Wildman–Crippen MR) is 48.0 cm³/mol. The van der Waals surface area contributed by atoms with E-state index in [1.807, 2.05) is 0 Å². The Hall–Kier alpha value is -0.830. The number of aromatic amines is 1. The fourth-order valence-corrected chi connectivity index (χ4v) is 1.30. The van der Waals surface area contributed by atoms with Crippen LogP contribution in [0.2, 0.25) is 0 Å². The molecule has 0 saturated heterocycles. The van der Waals surface area contributed by atoms with Crippen molar-refractivity contribution >= 4 is 0 Å². The van der Waals surface area contributed by atoms with E-state index in [0.29, 0.717) is 11.7 Å². The highest BCUT2D eigenvalue weighted by atomic mass is 16.3. The van der Waals surface area contributed by atoms with E-state index in [1.165, 1.54) is 0 Å². The lowest BCUT2D eigenvalue weighted by atomic mass is 10.1. The maximum absolute atomic E-state index is 8.86. The maximum atomic E-state index is 8.86. The second kappa shape index (κ2) is 3.72. The van der Waals surface area contributed by atoms with Gasteiger partial charge in [-0.1, -0.05) is 20.8 Å². The van der Waals surface area contributed by atoms with Crippen LogP contribution in [0, 0.1) is 0 Å². The van der Waals surface area contributed by atoms with Crippen LogP contribution in [0.4, 0.5) is 0 Å². The minimum absolute atomic E-state index is 0.000278. The molecule has 1 heterocycles. The third-order valence-corrected chi connectivity index (χ3v) is 1.91. The Morgan fingerprint density at radius 2 is 2.17 bits per heavy atom. The Morgan fingerprint density at radius 3 is 2.50 bits per heavy atom. The van der Waals surface area contributed by atoms with Gasteiger partial charge in [-0.05, 0) is 12.3 Å². The van der Waals surface area contributed by atoms with Crippen LogP contribution >= 0.6 is 0 Å². The number of nitrogens with one attached hydrogen (secondary N) is 1. The summed E-state index contributed by atoms with van der Waals surface area (Å²) in [6, 6.07) is 0. The van der Waals surface area contributed by atoms with E-state index in [2.05, 4.69) is 30.7 Å². The normalized spacial score (nSPS) is 11.1. The van der Waals surface area contributed by atoms with E-state index in [0.717, 1.165) is 17.8 Å². The number of H-pyrrole nitrogens is 1. The van der Waals surface area contributed by atoms with Gasteiger partial charge in [-0.2, -0.15) is 0 Å². The molecule has 0 aromatic carbocycles. The molecule has 68 valence electrons. The standard InChI is InChI=1S/C9H16N2O/c1-4-7-9(6(2)3)11-8(5-12)10-7/h6,12H,4-5H2,1-3H3,(H,10,11). The first-order valence-corrected chi connectivity index (χ1v) is 4.37. The summed E-state index contributed by atoms with van der Waals surface area (Å²) < 4.78 is 0. The van der Waals surface area contributed by atoms with Gasteiger partial charge >= 0.3 is 0 Å². The van der Waals surface area contributed by atoms with Crippen molar-refractivity contribution in [3.63, 3.8) is 0 Å². The Kier molecular flexibility index (Phi) is 2.87. The quantitative estimate of drug-likeness (QED) is 0.720. The van der Waals surface area contributed by atoms with Gasteiger partial charge in [-0.15, -0.1) is 0 Å². The number of aliphatic hydroxyl groups excluding tert-OH is 1. The molecule has 0 bridgehead atoms. The van der Waals surface area contributed by atoms with Crippen LogP contribution in [0.15, 0.2) is 0 Å². The summed E-state index contributed by atoms with van der Waals surface area (Å²) in [6.07, 6.45) is 0.945. The molecule has 0 amide bonds. The highest BCUT2D eigenvalue weighted by Gasteiger charge is 2.10. The minimum Gasteiger partial charge on any atom is -0.388 e. The lowest BCUT2D eigenvalue weighted by Crippen LogP contribution is -1.93. The minimum atomic E-state index is -0.000278. The van der Waals surface area contributed by atoms with E-state index in [1.54, 1.807) is 0 Å². The number of hydrogen-bond donors (Lipinski definition) is 2. The number of aromatic nitrogens is 2. The summed E-state index contributed by atoms with van der Waals surface area (Å²) in [4.78, 5) is 7.39. The lowest BCUT2D eigenvalue weighted by molar-refractivity contribution is 0.272. The second-order valence-electron chi connectivity index (χ2n) is 3.21. The Balaban J connectivity index is 3.00. The van der Waals surface area contributed by atoms with Gasteiger partial charge in [-0.25, -0.2) is 4.98 Å². The highest BCUT2D eigenvalue weighted by Crippen LogP contribution is 2.17. The molecule has 0 aliphatic carbocycles. The van der Waals surface area contributed by atoms with Gasteiger partial charge in [0.15, 0.2) is 0 Å². The maximum Gasteiger partial charge on any atom is 0.132 e. The van der Waals surface area contributed by atoms with Gasteiger partial charge in [-0.3, -0.25) is 0 Å². The second-order valence-corrected chi connectivity index (χ2v) is 3.21. The van der Waals surface area contributed by atoms with Crippen molar-refractivity contribution in [1.82, 2.24) is 9.97 Å². The van der Waals surface area contributed by atoms with Gasteiger partial charge in [0.25, 0.3) is 0 Å². The van der Waals surface area contributed by atoms with Crippen molar-refractivity contribution < 1.29 is 5.11 Å². The molecule has 0 fully saturated rings. The molecule has 0 spiro atoms. The zero-order valence-electron chi connectivity index (χ0n) is 7.89. The van der Waals surface area contributed by atoms with Gasteiger partial charge < -0.3 is 10.1 Å². The molecule has 12 heavy (non-hydrogen) atoms. The molecule has 1 aromatic heterocycles. The molecule has 0 aliphatic heterocycles. The first-order valence-electron chi connectivity index (χ1n) is 4.37.